The predicted octanol–water partition coefficient (Wildman–Crippen LogP) is 4.94. The maximum atomic E-state index is 12.6. The van der Waals surface area contributed by atoms with Gasteiger partial charge in [-0.15, -0.1) is 0 Å². The van der Waals surface area contributed by atoms with E-state index in [1.165, 1.54) is 0 Å². The van der Waals surface area contributed by atoms with E-state index < -0.39 is 29.4 Å². The Kier molecular flexibility index (Phi) is 8.39. The van der Waals surface area contributed by atoms with Crippen molar-refractivity contribution in [2.24, 2.45) is 11.8 Å². The van der Waals surface area contributed by atoms with Gasteiger partial charge >= 0.3 is 11.9 Å². The monoisotopic (exact) mass is 346 g/mol. The molecule has 0 aliphatic rings. The number of ether oxygens (including phenoxy) is 1. The molecule has 0 aliphatic heterocycles. The number of carboxylic acid groups (broad SMARTS) is 1. The van der Waals surface area contributed by atoms with Crippen LogP contribution in [-0.2, 0) is 14.3 Å². The number of carboxylic acids is 1. The summed E-state index contributed by atoms with van der Waals surface area (Å²) in [5.74, 6) is -2.77. The molecular weight excluding hydrogens is 316 g/mol. The molecule has 138 valence electrons. The van der Waals surface area contributed by atoms with Crippen LogP contribution in [0.2, 0.25) is 0 Å². The lowest BCUT2D eigenvalue weighted by Gasteiger charge is -2.26. The Morgan fingerprint density at radius 3 is 2.32 bits per heavy atom. The number of allylic oxidation sites excluding steroid dienone is 1. The normalized spacial score (nSPS) is 14.2. The predicted molar refractivity (Wildman–Crippen MR) is 100 cm³/mol. The van der Waals surface area contributed by atoms with Gasteiger partial charge in [-0.2, -0.15) is 0 Å². The molecule has 25 heavy (non-hydrogen) atoms. The minimum atomic E-state index is -0.933. The number of hydrogen-bond acceptors (Lipinski definition) is 3. The molecular formula is C21H30O4. The van der Waals surface area contributed by atoms with Crippen molar-refractivity contribution in [2.75, 3.05) is 0 Å². The van der Waals surface area contributed by atoms with Crippen molar-refractivity contribution in [1.82, 2.24) is 0 Å². The third-order valence-electron chi connectivity index (χ3n) is 3.88. The molecule has 0 bridgehead atoms. The molecule has 0 amide bonds. The van der Waals surface area contributed by atoms with Crippen LogP contribution in [0.15, 0.2) is 36.4 Å². The summed E-state index contributed by atoms with van der Waals surface area (Å²) in [6.45, 7) is 7.40. The van der Waals surface area contributed by atoms with Crippen LogP contribution in [0.5, 0.6) is 0 Å². The topological polar surface area (TPSA) is 63.6 Å². The first-order chi connectivity index (χ1) is 11.7. The second-order valence-corrected chi connectivity index (χ2v) is 7.28. The van der Waals surface area contributed by atoms with Crippen molar-refractivity contribution < 1.29 is 19.4 Å². The van der Waals surface area contributed by atoms with Crippen LogP contribution in [0.25, 0.3) is 6.08 Å². The number of esters is 1. The summed E-state index contributed by atoms with van der Waals surface area (Å²) < 4.78 is 5.48. The third kappa shape index (κ3) is 8.01. The second kappa shape index (κ2) is 10.0. The first kappa shape index (κ1) is 20.9. The van der Waals surface area contributed by atoms with Crippen molar-refractivity contribution in [3.63, 3.8) is 0 Å². The molecule has 0 saturated heterocycles. The highest BCUT2D eigenvalue weighted by Crippen LogP contribution is 2.26. The van der Waals surface area contributed by atoms with E-state index in [9.17, 15) is 14.7 Å². The standard InChI is InChI=1S/C21H30O4/c1-5-6-14-17(19(22)23)18(20(24)25-21(2,3)4)15-10-13-16-11-8-7-9-12-16/h7-13,17-18H,5-6,14-15H2,1-4H3,(H,22,23)/b13-10+/t17-,18?/m1/s1. The average Bonchev–Trinajstić information content (AvgIpc) is 2.52. The fraction of sp³-hybridized carbons (Fsp3) is 0.524. The number of benzene rings is 1. The van der Waals surface area contributed by atoms with Gasteiger partial charge in [0.05, 0.1) is 11.8 Å². The van der Waals surface area contributed by atoms with Crippen LogP contribution in [0.4, 0.5) is 0 Å². The summed E-state index contributed by atoms with van der Waals surface area (Å²) in [6.07, 6.45) is 6.28. The molecule has 1 aromatic rings. The van der Waals surface area contributed by atoms with Crippen molar-refractivity contribution in [1.29, 1.82) is 0 Å². The molecule has 0 fully saturated rings. The van der Waals surface area contributed by atoms with Crippen LogP contribution in [-0.4, -0.2) is 22.6 Å². The molecule has 0 heterocycles. The Balaban J connectivity index is 2.94. The third-order valence-corrected chi connectivity index (χ3v) is 3.88. The van der Waals surface area contributed by atoms with Gasteiger partial charge in [0.15, 0.2) is 0 Å². The number of carbonyl (C=O) groups is 2. The molecule has 2 atom stereocenters. The SMILES string of the molecule is CCCC[C@@H](C(=O)O)C(C/C=C/c1ccccc1)C(=O)OC(C)(C)C. The van der Waals surface area contributed by atoms with Crippen molar-refractivity contribution in [3.05, 3.63) is 42.0 Å². The number of hydrogen-bond donors (Lipinski definition) is 1. The summed E-state index contributed by atoms with van der Waals surface area (Å²) in [5.41, 5.74) is 0.387. The smallest absolute Gasteiger partial charge is 0.310 e. The van der Waals surface area contributed by atoms with Gasteiger partial charge in [0.2, 0.25) is 0 Å². The van der Waals surface area contributed by atoms with Gasteiger partial charge < -0.3 is 9.84 Å². The highest BCUT2D eigenvalue weighted by atomic mass is 16.6. The van der Waals surface area contributed by atoms with E-state index in [1.54, 1.807) is 20.8 Å². The van der Waals surface area contributed by atoms with Crippen LogP contribution < -0.4 is 0 Å². The molecule has 1 aromatic carbocycles. The molecule has 0 radical (unpaired) electrons. The van der Waals surface area contributed by atoms with Gasteiger partial charge in [-0.3, -0.25) is 9.59 Å². The van der Waals surface area contributed by atoms with E-state index in [0.29, 0.717) is 12.8 Å². The van der Waals surface area contributed by atoms with E-state index in [4.69, 9.17) is 4.74 Å². The van der Waals surface area contributed by atoms with Crippen molar-refractivity contribution in [2.45, 2.75) is 59.0 Å². The highest BCUT2D eigenvalue weighted by molar-refractivity contribution is 5.81. The Morgan fingerprint density at radius 2 is 1.80 bits per heavy atom. The molecule has 0 aliphatic carbocycles. The van der Waals surface area contributed by atoms with Crippen LogP contribution in [0.3, 0.4) is 0 Å². The van der Waals surface area contributed by atoms with Gasteiger partial charge in [0.25, 0.3) is 0 Å². The molecule has 4 nitrogen and oxygen atoms in total. The van der Waals surface area contributed by atoms with Gasteiger partial charge in [-0.05, 0) is 39.2 Å². The van der Waals surface area contributed by atoms with Crippen molar-refractivity contribution >= 4 is 18.0 Å². The number of aliphatic carboxylic acids is 1. The highest BCUT2D eigenvalue weighted by Gasteiger charge is 2.35. The zero-order valence-electron chi connectivity index (χ0n) is 15.7. The lowest BCUT2D eigenvalue weighted by Crippen LogP contribution is -2.35. The van der Waals surface area contributed by atoms with E-state index in [-0.39, 0.29) is 0 Å². The molecule has 0 saturated carbocycles. The van der Waals surface area contributed by atoms with E-state index in [0.717, 1.165) is 18.4 Å². The zero-order chi connectivity index (χ0) is 18.9. The van der Waals surface area contributed by atoms with E-state index in [2.05, 4.69) is 0 Å². The lowest BCUT2D eigenvalue weighted by atomic mass is 9.85. The first-order valence-electron chi connectivity index (χ1n) is 8.92. The van der Waals surface area contributed by atoms with Gasteiger partial charge in [-0.25, -0.2) is 0 Å². The second-order valence-electron chi connectivity index (χ2n) is 7.28. The molecule has 0 spiro atoms. The summed E-state index contributed by atoms with van der Waals surface area (Å²) in [4.78, 5) is 24.3. The van der Waals surface area contributed by atoms with Crippen molar-refractivity contribution in [3.8, 4) is 0 Å². The quantitative estimate of drug-likeness (QED) is 0.643. The number of carbonyl (C=O) groups excluding carboxylic acids is 1. The summed E-state index contributed by atoms with van der Waals surface area (Å²) >= 11 is 0. The Labute approximate surface area is 150 Å². The van der Waals surface area contributed by atoms with Gasteiger partial charge in [0.1, 0.15) is 5.60 Å². The maximum Gasteiger partial charge on any atom is 0.310 e. The summed E-state index contributed by atoms with van der Waals surface area (Å²) in [7, 11) is 0. The van der Waals surface area contributed by atoms with Gasteiger partial charge in [-0.1, -0.05) is 62.2 Å². The fourth-order valence-corrected chi connectivity index (χ4v) is 2.64. The fourth-order valence-electron chi connectivity index (χ4n) is 2.64. The molecule has 4 heteroatoms. The van der Waals surface area contributed by atoms with Crippen LogP contribution in [0, 0.1) is 11.8 Å². The Bertz CT molecular complexity index is 569. The minimum Gasteiger partial charge on any atom is -0.481 e. The Morgan fingerprint density at radius 1 is 1.16 bits per heavy atom. The molecule has 1 rings (SSSR count). The molecule has 1 N–H and O–H groups in total. The van der Waals surface area contributed by atoms with Crippen LogP contribution in [0.1, 0.15) is 58.9 Å². The van der Waals surface area contributed by atoms with Crippen LogP contribution >= 0.6 is 0 Å². The minimum absolute atomic E-state index is 0.352. The first-order valence-corrected chi connectivity index (χ1v) is 8.92. The molecule has 1 unspecified atom stereocenters. The van der Waals surface area contributed by atoms with E-state index in [1.807, 2.05) is 49.4 Å². The Hall–Kier alpha value is -2.10. The summed E-state index contributed by atoms with van der Waals surface area (Å²) in [6, 6.07) is 9.74. The summed E-state index contributed by atoms with van der Waals surface area (Å²) in [5, 5.41) is 9.60. The number of rotatable bonds is 9. The average molecular weight is 346 g/mol. The van der Waals surface area contributed by atoms with Gasteiger partial charge in [0, 0.05) is 0 Å². The molecule has 0 aromatic heterocycles. The number of unbranched alkanes of at least 4 members (excludes halogenated alkanes) is 1. The zero-order valence-corrected chi connectivity index (χ0v) is 15.7. The lowest BCUT2D eigenvalue weighted by molar-refractivity contribution is -0.166. The van der Waals surface area contributed by atoms with E-state index >= 15 is 0 Å². The maximum absolute atomic E-state index is 12.6. The largest absolute Gasteiger partial charge is 0.481 e.